The van der Waals surface area contributed by atoms with Gasteiger partial charge in [-0.1, -0.05) is 39.0 Å². The molecule has 2 saturated heterocycles. The van der Waals surface area contributed by atoms with Crippen LogP contribution in [0.3, 0.4) is 0 Å². The first kappa shape index (κ1) is 25.8. The van der Waals surface area contributed by atoms with E-state index in [1.807, 2.05) is 68.6 Å². The topological polar surface area (TPSA) is 60.9 Å². The number of thiophene rings is 1. The highest BCUT2D eigenvalue weighted by Crippen LogP contribution is 2.52. The van der Waals surface area contributed by atoms with E-state index in [4.69, 9.17) is 0 Å². The molecule has 3 heterocycles. The predicted octanol–water partition coefficient (Wildman–Crippen LogP) is 5.84. The summed E-state index contributed by atoms with van der Waals surface area (Å²) in [6.07, 6.45) is 1.48. The number of likely N-dealkylation sites (tertiary alicyclic amines) is 1. The summed E-state index contributed by atoms with van der Waals surface area (Å²) in [6.45, 7) is 9.39. The van der Waals surface area contributed by atoms with Crippen LogP contribution in [0.2, 0.25) is 0 Å². The summed E-state index contributed by atoms with van der Waals surface area (Å²) < 4.78 is 0. The van der Waals surface area contributed by atoms with Crippen molar-refractivity contribution < 1.29 is 14.4 Å². The Morgan fingerprint density at radius 1 is 0.974 bits per heavy atom. The van der Waals surface area contributed by atoms with Gasteiger partial charge in [-0.05, 0) is 83.0 Å². The molecular weight excluding hydrogens is 506 g/mol. The summed E-state index contributed by atoms with van der Waals surface area (Å²) >= 11 is 1.45. The van der Waals surface area contributed by atoms with Crippen molar-refractivity contribution in [3.8, 4) is 0 Å². The van der Waals surface area contributed by atoms with E-state index in [0.29, 0.717) is 30.7 Å². The standard InChI is InChI=1S/C32H35N3O3S/c1-32(2,3)22-10-8-21(9-11-22)30(37)33-18-25-26(19-33)27(25)20-35(31(38)28-6-5-17-39-28)24-14-12-23(13-15-24)34-16-4-7-29(34)36/h5-6,8-15,17,25-27H,4,7,16,18-20H2,1-3H3. The largest absolute Gasteiger partial charge is 0.338 e. The second-order valence-corrected chi connectivity index (χ2v) is 13.0. The molecule has 0 radical (unpaired) electrons. The molecule has 2 unspecified atom stereocenters. The maximum atomic E-state index is 13.5. The Balaban J connectivity index is 1.13. The smallest absolute Gasteiger partial charge is 0.268 e. The van der Waals surface area contributed by atoms with Crippen molar-refractivity contribution in [1.82, 2.24) is 4.90 Å². The zero-order chi connectivity index (χ0) is 27.3. The molecule has 0 spiro atoms. The number of benzene rings is 2. The zero-order valence-electron chi connectivity index (χ0n) is 22.8. The van der Waals surface area contributed by atoms with Gasteiger partial charge in [-0.15, -0.1) is 11.3 Å². The highest BCUT2D eigenvalue weighted by Gasteiger charge is 2.57. The highest BCUT2D eigenvalue weighted by molar-refractivity contribution is 7.12. The lowest BCUT2D eigenvalue weighted by Gasteiger charge is -2.26. The van der Waals surface area contributed by atoms with E-state index in [1.165, 1.54) is 16.9 Å². The average molecular weight is 542 g/mol. The van der Waals surface area contributed by atoms with E-state index in [2.05, 4.69) is 32.9 Å². The van der Waals surface area contributed by atoms with E-state index in [9.17, 15) is 14.4 Å². The van der Waals surface area contributed by atoms with Gasteiger partial charge in [0.25, 0.3) is 11.8 Å². The van der Waals surface area contributed by atoms with Gasteiger partial charge in [0, 0.05) is 49.5 Å². The summed E-state index contributed by atoms with van der Waals surface area (Å²) in [5.41, 5.74) is 3.76. The summed E-state index contributed by atoms with van der Waals surface area (Å²) in [7, 11) is 0. The van der Waals surface area contributed by atoms with Crippen LogP contribution in [0.1, 0.15) is 59.2 Å². The number of carbonyl (C=O) groups is 3. The lowest BCUT2D eigenvalue weighted by Crippen LogP contribution is -2.36. The molecule has 7 heteroatoms. The zero-order valence-corrected chi connectivity index (χ0v) is 23.6. The molecule has 6 rings (SSSR count). The summed E-state index contributed by atoms with van der Waals surface area (Å²) in [6, 6.07) is 19.6. The van der Waals surface area contributed by atoms with E-state index in [-0.39, 0.29) is 23.1 Å². The molecule has 2 aliphatic heterocycles. The molecule has 3 aromatic rings. The van der Waals surface area contributed by atoms with Crippen LogP contribution in [-0.2, 0) is 10.2 Å². The van der Waals surface area contributed by atoms with Gasteiger partial charge in [0.15, 0.2) is 0 Å². The second-order valence-electron chi connectivity index (χ2n) is 12.1. The number of nitrogens with zero attached hydrogens (tertiary/aromatic N) is 3. The number of piperidine rings is 1. The normalized spacial score (nSPS) is 22.2. The van der Waals surface area contributed by atoms with Crippen LogP contribution in [0.4, 0.5) is 11.4 Å². The highest BCUT2D eigenvalue weighted by atomic mass is 32.1. The fourth-order valence-corrected chi connectivity index (χ4v) is 6.84. The van der Waals surface area contributed by atoms with Crippen molar-refractivity contribution in [3.05, 3.63) is 82.0 Å². The molecule has 202 valence electrons. The fourth-order valence-electron chi connectivity index (χ4n) is 6.16. The average Bonchev–Trinajstić information content (AvgIpc) is 3.46. The number of carbonyl (C=O) groups excluding carboxylic acids is 3. The first-order valence-electron chi connectivity index (χ1n) is 13.9. The van der Waals surface area contributed by atoms with Crippen LogP contribution in [0.15, 0.2) is 66.0 Å². The van der Waals surface area contributed by atoms with Gasteiger partial charge in [-0.2, -0.15) is 0 Å². The predicted molar refractivity (Wildman–Crippen MR) is 156 cm³/mol. The van der Waals surface area contributed by atoms with Gasteiger partial charge < -0.3 is 14.7 Å². The van der Waals surface area contributed by atoms with Gasteiger partial charge in [0.2, 0.25) is 5.91 Å². The second kappa shape index (κ2) is 9.94. The maximum absolute atomic E-state index is 13.5. The first-order chi connectivity index (χ1) is 18.7. The van der Waals surface area contributed by atoms with Crippen LogP contribution in [0.25, 0.3) is 0 Å². The summed E-state index contributed by atoms with van der Waals surface area (Å²) in [5.74, 6) is 1.48. The summed E-state index contributed by atoms with van der Waals surface area (Å²) in [5, 5.41) is 1.93. The third-order valence-electron chi connectivity index (χ3n) is 8.57. The Hall–Kier alpha value is -3.45. The SMILES string of the molecule is CC(C)(C)c1ccc(C(=O)N2CC3C(C2)C3CN(C(=O)c2cccs2)c2ccc(N3CCCC3=O)cc2)cc1. The third-order valence-corrected chi connectivity index (χ3v) is 9.43. The van der Waals surface area contributed by atoms with Crippen LogP contribution >= 0.6 is 11.3 Å². The summed E-state index contributed by atoms with van der Waals surface area (Å²) in [4.78, 5) is 45.3. The van der Waals surface area contributed by atoms with Crippen LogP contribution in [-0.4, -0.2) is 48.8 Å². The molecule has 3 amide bonds. The van der Waals surface area contributed by atoms with Crippen LogP contribution in [0.5, 0.6) is 0 Å². The Bertz CT molecular complexity index is 1360. The van der Waals surface area contributed by atoms with E-state index >= 15 is 0 Å². The minimum absolute atomic E-state index is 0.00634. The molecule has 3 aliphatic rings. The van der Waals surface area contributed by atoms with Crippen molar-refractivity contribution in [1.29, 1.82) is 0 Å². The van der Waals surface area contributed by atoms with Gasteiger partial charge in [0.1, 0.15) is 0 Å². The molecule has 0 bridgehead atoms. The number of amides is 3. The number of hydrogen-bond acceptors (Lipinski definition) is 4. The number of rotatable bonds is 6. The molecular formula is C32H35N3O3S. The fraction of sp³-hybridized carbons (Fsp3) is 0.406. The van der Waals surface area contributed by atoms with Gasteiger partial charge >= 0.3 is 0 Å². The monoisotopic (exact) mass is 541 g/mol. The molecule has 2 aromatic carbocycles. The van der Waals surface area contributed by atoms with Crippen molar-refractivity contribution >= 4 is 40.4 Å². The Kier molecular flexibility index (Phi) is 6.58. The molecule has 39 heavy (non-hydrogen) atoms. The Morgan fingerprint density at radius 3 is 2.23 bits per heavy atom. The number of fused-ring (bicyclic) bond motifs is 1. The molecule has 0 N–H and O–H groups in total. The minimum atomic E-state index is 0.00634. The Morgan fingerprint density at radius 2 is 1.67 bits per heavy atom. The van der Waals surface area contributed by atoms with Crippen LogP contribution in [0, 0.1) is 17.8 Å². The van der Waals surface area contributed by atoms with Gasteiger partial charge in [-0.25, -0.2) is 0 Å². The van der Waals surface area contributed by atoms with E-state index in [1.54, 1.807) is 0 Å². The van der Waals surface area contributed by atoms with E-state index in [0.717, 1.165) is 47.9 Å². The van der Waals surface area contributed by atoms with Crippen molar-refractivity contribution in [2.75, 3.05) is 36.0 Å². The molecule has 3 fully saturated rings. The molecule has 1 aromatic heterocycles. The van der Waals surface area contributed by atoms with Crippen LogP contribution < -0.4 is 9.80 Å². The molecule has 1 aliphatic carbocycles. The third kappa shape index (κ3) is 5.00. The minimum Gasteiger partial charge on any atom is -0.338 e. The van der Waals surface area contributed by atoms with Gasteiger partial charge in [-0.3, -0.25) is 14.4 Å². The van der Waals surface area contributed by atoms with Gasteiger partial charge in [0.05, 0.1) is 4.88 Å². The lowest BCUT2D eigenvalue weighted by molar-refractivity contribution is -0.117. The van der Waals surface area contributed by atoms with Crippen molar-refractivity contribution in [2.24, 2.45) is 17.8 Å². The van der Waals surface area contributed by atoms with Crippen molar-refractivity contribution in [3.63, 3.8) is 0 Å². The first-order valence-corrected chi connectivity index (χ1v) is 14.7. The maximum Gasteiger partial charge on any atom is 0.268 e. The lowest BCUT2D eigenvalue weighted by atomic mass is 9.86. The molecule has 6 nitrogen and oxygen atoms in total. The number of hydrogen-bond donors (Lipinski definition) is 0. The van der Waals surface area contributed by atoms with E-state index < -0.39 is 0 Å². The molecule has 1 saturated carbocycles. The quantitative estimate of drug-likeness (QED) is 0.394. The molecule has 2 atom stereocenters. The number of anilines is 2. The Labute approximate surface area is 234 Å². The van der Waals surface area contributed by atoms with Crippen molar-refractivity contribution in [2.45, 2.75) is 39.0 Å².